The second-order valence-corrected chi connectivity index (χ2v) is 14.4. The lowest BCUT2D eigenvalue weighted by atomic mass is 9.89. The summed E-state index contributed by atoms with van der Waals surface area (Å²) in [6.45, 7) is 8.51. The maximum absolute atomic E-state index is 10.2. The molecule has 0 bridgehead atoms. The van der Waals surface area contributed by atoms with Gasteiger partial charge in [-0.05, 0) is 121 Å². The molecule has 0 radical (unpaired) electrons. The van der Waals surface area contributed by atoms with Crippen molar-refractivity contribution in [3.63, 3.8) is 0 Å². The van der Waals surface area contributed by atoms with Gasteiger partial charge < -0.3 is 10.0 Å². The highest BCUT2D eigenvalue weighted by Crippen LogP contribution is 2.49. The zero-order chi connectivity index (χ0) is 37.2. The third-order valence-electron chi connectivity index (χ3n) is 10.3. The van der Waals surface area contributed by atoms with Crippen molar-refractivity contribution < 1.29 is 5.11 Å². The summed E-state index contributed by atoms with van der Waals surface area (Å²) < 4.78 is 0. The highest BCUT2D eigenvalue weighted by atomic mass is 16.3. The minimum absolute atomic E-state index is 0.252. The van der Waals surface area contributed by atoms with E-state index in [1.807, 2.05) is 12.1 Å². The Balaban J connectivity index is 1.40. The molecule has 0 aliphatic heterocycles. The molecule has 0 aromatic heterocycles. The number of phenols is 1. The maximum Gasteiger partial charge on any atom is 0.115 e. The Morgan fingerprint density at radius 1 is 0.296 bits per heavy atom. The van der Waals surface area contributed by atoms with E-state index in [2.05, 4.69) is 190 Å². The van der Waals surface area contributed by atoms with Crippen LogP contribution in [0.1, 0.15) is 22.3 Å². The third kappa shape index (κ3) is 7.20. The third-order valence-corrected chi connectivity index (χ3v) is 10.3. The largest absolute Gasteiger partial charge is 0.508 e. The normalized spacial score (nSPS) is 11.0. The van der Waals surface area contributed by atoms with Gasteiger partial charge in [0, 0.05) is 22.5 Å². The highest BCUT2D eigenvalue weighted by Gasteiger charge is 2.24. The molecule has 8 aromatic rings. The van der Waals surface area contributed by atoms with Gasteiger partial charge >= 0.3 is 0 Å². The average molecular weight is 698 g/mol. The van der Waals surface area contributed by atoms with E-state index < -0.39 is 0 Å². The summed E-state index contributed by atoms with van der Waals surface area (Å²) in [6, 6.07) is 65.1. The van der Waals surface area contributed by atoms with E-state index >= 15 is 0 Å². The Hall–Kier alpha value is -6.64. The van der Waals surface area contributed by atoms with Crippen LogP contribution in [0.4, 0.5) is 17.1 Å². The Morgan fingerprint density at radius 3 is 0.889 bits per heavy atom. The summed E-state index contributed by atoms with van der Waals surface area (Å²) in [5.74, 6) is 0.252. The number of rotatable bonds is 8. The van der Waals surface area contributed by atoms with Gasteiger partial charge in [0.05, 0.1) is 5.69 Å². The van der Waals surface area contributed by atoms with Crippen LogP contribution in [0.5, 0.6) is 5.75 Å². The zero-order valence-electron chi connectivity index (χ0n) is 31.2. The van der Waals surface area contributed by atoms with Gasteiger partial charge in [-0.1, -0.05) is 156 Å². The lowest BCUT2D eigenvalue weighted by Crippen LogP contribution is -2.13. The van der Waals surface area contributed by atoms with E-state index in [-0.39, 0.29) is 5.75 Å². The molecule has 0 saturated carbocycles. The topological polar surface area (TPSA) is 23.5 Å². The van der Waals surface area contributed by atoms with E-state index in [0.29, 0.717) is 0 Å². The first-order valence-electron chi connectivity index (χ1n) is 18.5. The first-order chi connectivity index (χ1) is 26.3. The van der Waals surface area contributed by atoms with E-state index in [1.54, 1.807) is 12.1 Å². The van der Waals surface area contributed by atoms with Crippen molar-refractivity contribution in [2.45, 2.75) is 27.7 Å². The molecule has 54 heavy (non-hydrogen) atoms. The smallest absolute Gasteiger partial charge is 0.115 e. The quantitative estimate of drug-likeness (QED) is 0.171. The highest BCUT2D eigenvalue weighted by molar-refractivity contribution is 6.00. The molecule has 262 valence electrons. The molecule has 0 amide bonds. The first-order valence-corrected chi connectivity index (χ1v) is 18.5. The van der Waals surface area contributed by atoms with Crippen LogP contribution >= 0.6 is 0 Å². The molecule has 0 spiro atoms. The number of hydrogen-bond acceptors (Lipinski definition) is 2. The lowest BCUT2D eigenvalue weighted by molar-refractivity contribution is 0.475. The van der Waals surface area contributed by atoms with Crippen LogP contribution < -0.4 is 4.90 Å². The van der Waals surface area contributed by atoms with Crippen LogP contribution in [0, 0.1) is 27.7 Å². The molecule has 2 nitrogen and oxygen atoms in total. The van der Waals surface area contributed by atoms with E-state index in [9.17, 15) is 5.11 Å². The fourth-order valence-electron chi connectivity index (χ4n) is 7.11. The van der Waals surface area contributed by atoms with E-state index in [0.717, 1.165) is 50.4 Å². The molecule has 0 aliphatic carbocycles. The van der Waals surface area contributed by atoms with Crippen molar-refractivity contribution in [2.24, 2.45) is 0 Å². The van der Waals surface area contributed by atoms with E-state index in [1.165, 1.54) is 44.5 Å². The summed E-state index contributed by atoms with van der Waals surface area (Å²) in [6.07, 6.45) is 0. The Morgan fingerprint density at radius 2 is 0.556 bits per heavy atom. The standard InChI is InChI=1S/C52H43NO/c1-35-5-13-39(14-6-35)41-21-27-47(28-22-41)53(48-29-23-42(24-30-48)40-15-7-36(2)8-16-40)52-50(44-17-9-37(3)10-18-44)33-46(43-25-31-49(54)32-26-43)34-51(52)45-19-11-38(4)12-20-45/h5-34,54H,1-4H3. The molecule has 8 aromatic carbocycles. The van der Waals surface area contributed by atoms with Gasteiger partial charge in [-0.2, -0.15) is 0 Å². The second-order valence-electron chi connectivity index (χ2n) is 14.4. The van der Waals surface area contributed by atoms with Gasteiger partial charge in [0.1, 0.15) is 5.75 Å². The summed E-state index contributed by atoms with van der Waals surface area (Å²) in [5.41, 5.74) is 19.5. The monoisotopic (exact) mass is 697 g/mol. The number of phenolic OH excluding ortho intramolecular Hbond substituents is 1. The van der Waals surface area contributed by atoms with Crippen LogP contribution in [-0.4, -0.2) is 5.11 Å². The fraction of sp³-hybridized carbons (Fsp3) is 0.0769. The molecule has 0 heterocycles. The van der Waals surface area contributed by atoms with Crippen LogP contribution in [-0.2, 0) is 0 Å². The van der Waals surface area contributed by atoms with Crippen molar-refractivity contribution >= 4 is 17.1 Å². The van der Waals surface area contributed by atoms with Crippen LogP contribution in [0.2, 0.25) is 0 Å². The van der Waals surface area contributed by atoms with Crippen molar-refractivity contribution in [1.29, 1.82) is 0 Å². The molecule has 0 fully saturated rings. The Bertz CT molecular complexity index is 2360. The molecule has 0 aliphatic rings. The number of aryl methyl sites for hydroxylation is 4. The van der Waals surface area contributed by atoms with Crippen LogP contribution in [0.15, 0.2) is 182 Å². The first kappa shape index (κ1) is 34.4. The molecule has 1 N–H and O–H groups in total. The fourth-order valence-corrected chi connectivity index (χ4v) is 7.11. The van der Waals surface area contributed by atoms with E-state index in [4.69, 9.17) is 0 Å². The molecule has 2 heteroatoms. The number of aromatic hydroxyl groups is 1. The number of anilines is 3. The minimum atomic E-state index is 0.252. The van der Waals surface area contributed by atoms with Crippen molar-refractivity contribution in [2.75, 3.05) is 4.90 Å². The minimum Gasteiger partial charge on any atom is -0.508 e. The molecular weight excluding hydrogens is 655 g/mol. The van der Waals surface area contributed by atoms with Gasteiger partial charge in [-0.3, -0.25) is 0 Å². The number of hydrogen-bond donors (Lipinski definition) is 1. The predicted molar refractivity (Wildman–Crippen MR) is 229 cm³/mol. The maximum atomic E-state index is 10.2. The molecule has 0 atom stereocenters. The van der Waals surface area contributed by atoms with Crippen molar-refractivity contribution in [3.8, 4) is 61.4 Å². The second kappa shape index (κ2) is 14.8. The number of nitrogens with zero attached hydrogens (tertiary/aromatic N) is 1. The van der Waals surface area contributed by atoms with Crippen LogP contribution in [0.3, 0.4) is 0 Å². The van der Waals surface area contributed by atoms with Gasteiger partial charge in [0.25, 0.3) is 0 Å². The van der Waals surface area contributed by atoms with Crippen LogP contribution in [0.25, 0.3) is 55.6 Å². The summed E-state index contributed by atoms with van der Waals surface area (Å²) in [4.78, 5) is 2.42. The summed E-state index contributed by atoms with van der Waals surface area (Å²) >= 11 is 0. The number of benzene rings is 8. The predicted octanol–water partition coefficient (Wildman–Crippen LogP) is 14.4. The SMILES string of the molecule is Cc1ccc(-c2ccc(N(c3ccc(-c4ccc(C)cc4)cc3)c3c(-c4ccc(C)cc4)cc(-c4ccc(O)cc4)cc3-c3ccc(C)cc3)cc2)cc1. The Kier molecular flexibility index (Phi) is 9.42. The molecule has 0 saturated heterocycles. The molecule has 8 rings (SSSR count). The summed E-state index contributed by atoms with van der Waals surface area (Å²) in [5, 5.41) is 10.2. The molecule has 0 unspecified atom stereocenters. The van der Waals surface area contributed by atoms with Gasteiger partial charge in [0.15, 0.2) is 0 Å². The van der Waals surface area contributed by atoms with Gasteiger partial charge in [0.2, 0.25) is 0 Å². The zero-order valence-corrected chi connectivity index (χ0v) is 31.2. The van der Waals surface area contributed by atoms with Crippen molar-refractivity contribution in [3.05, 3.63) is 204 Å². The Labute approximate surface area is 319 Å². The van der Waals surface area contributed by atoms with Gasteiger partial charge in [-0.25, -0.2) is 0 Å². The lowest BCUT2D eigenvalue weighted by Gasteiger charge is -2.31. The van der Waals surface area contributed by atoms with Gasteiger partial charge in [-0.15, -0.1) is 0 Å². The average Bonchev–Trinajstić information content (AvgIpc) is 3.20. The molecular formula is C52H43NO. The van der Waals surface area contributed by atoms with Crippen molar-refractivity contribution in [1.82, 2.24) is 0 Å². The summed E-state index contributed by atoms with van der Waals surface area (Å²) in [7, 11) is 0.